The van der Waals surface area contributed by atoms with Gasteiger partial charge in [0.1, 0.15) is 12.4 Å². The zero-order valence-electron chi connectivity index (χ0n) is 19.7. The predicted molar refractivity (Wildman–Crippen MR) is 123 cm³/mol. The first-order valence-electron chi connectivity index (χ1n) is 11.9. The molecule has 0 bridgehead atoms. The molecule has 31 heavy (non-hydrogen) atoms. The standard InChI is InChI=1S/C27H38O4/c1-17(2)26(28)30-16-25-19(4)14-24(15-20(25)5)31-27(29)23-12-10-22(11-13-23)21-8-6-18(3)7-9-21/h14-15,18,21-23H,1,6-13,16H2,2-5H3. The molecule has 170 valence electrons. The summed E-state index contributed by atoms with van der Waals surface area (Å²) in [5, 5.41) is 0. The zero-order valence-corrected chi connectivity index (χ0v) is 19.7. The first-order valence-corrected chi connectivity index (χ1v) is 11.9. The van der Waals surface area contributed by atoms with E-state index in [0.717, 1.165) is 60.1 Å². The van der Waals surface area contributed by atoms with E-state index in [1.165, 1.54) is 25.7 Å². The summed E-state index contributed by atoms with van der Waals surface area (Å²) in [7, 11) is 0. The Morgan fingerprint density at radius 3 is 1.97 bits per heavy atom. The second kappa shape index (κ2) is 10.5. The molecule has 3 rings (SSSR count). The van der Waals surface area contributed by atoms with Gasteiger partial charge in [-0.1, -0.05) is 26.3 Å². The average Bonchev–Trinajstić information content (AvgIpc) is 2.73. The monoisotopic (exact) mass is 426 g/mol. The lowest BCUT2D eigenvalue weighted by atomic mass is 9.69. The van der Waals surface area contributed by atoms with Gasteiger partial charge in [-0.3, -0.25) is 4.79 Å². The lowest BCUT2D eigenvalue weighted by Crippen LogP contribution is -2.29. The van der Waals surface area contributed by atoms with Crippen molar-refractivity contribution in [2.45, 2.75) is 85.7 Å². The quantitative estimate of drug-likeness (QED) is 0.297. The summed E-state index contributed by atoms with van der Waals surface area (Å²) >= 11 is 0. The van der Waals surface area contributed by atoms with Crippen molar-refractivity contribution in [1.82, 2.24) is 0 Å². The molecule has 0 atom stereocenters. The molecule has 0 radical (unpaired) electrons. The number of hydrogen-bond acceptors (Lipinski definition) is 4. The van der Waals surface area contributed by atoms with Gasteiger partial charge in [0.25, 0.3) is 0 Å². The SMILES string of the molecule is C=C(C)C(=O)OCc1c(C)cc(OC(=O)C2CCC(C3CCC(C)CC3)CC2)cc1C. The molecular formula is C27H38O4. The van der Waals surface area contributed by atoms with E-state index < -0.39 is 5.97 Å². The Bertz CT molecular complexity index is 786. The van der Waals surface area contributed by atoms with Gasteiger partial charge >= 0.3 is 11.9 Å². The molecule has 0 N–H and O–H groups in total. The number of carbonyl (C=O) groups is 2. The van der Waals surface area contributed by atoms with E-state index in [0.29, 0.717) is 11.3 Å². The van der Waals surface area contributed by atoms with Gasteiger partial charge < -0.3 is 9.47 Å². The van der Waals surface area contributed by atoms with Crippen LogP contribution >= 0.6 is 0 Å². The number of aryl methyl sites for hydroxylation is 2. The second-order valence-electron chi connectivity index (χ2n) is 9.94. The summed E-state index contributed by atoms with van der Waals surface area (Å²) in [5.41, 5.74) is 3.23. The van der Waals surface area contributed by atoms with Crippen LogP contribution in [0.15, 0.2) is 24.3 Å². The summed E-state index contributed by atoms with van der Waals surface area (Å²) < 4.78 is 11.1. The van der Waals surface area contributed by atoms with Gasteiger partial charge in [-0.15, -0.1) is 0 Å². The van der Waals surface area contributed by atoms with Crippen LogP contribution < -0.4 is 4.74 Å². The lowest BCUT2D eigenvalue weighted by Gasteiger charge is -2.36. The van der Waals surface area contributed by atoms with Gasteiger partial charge in [-0.25, -0.2) is 4.79 Å². The Labute approximate surface area is 187 Å². The minimum Gasteiger partial charge on any atom is -0.457 e. The van der Waals surface area contributed by atoms with E-state index in [9.17, 15) is 9.59 Å². The fourth-order valence-corrected chi connectivity index (χ4v) is 5.28. The van der Waals surface area contributed by atoms with Crippen molar-refractivity contribution in [3.8, 4) is 5.75 Å². The Morgan fingerprint density at radius 2 is 1.45 bits per heavy atom. The molecule has 4 nitrogen and oxygen atoms in total. The number of ether oxygens (including phenoxy) is 2. The fourth-order valence-electron chi connectivity index (χ4n) is 5.28. The van der Waals surface area contributed by atoms with Crippen LogP contribution in [0.1, 0.15) is 81.9 Å². The van der Waals surface area contributed by atoms with Crippen molar-refractivity contribution in [2.75, 3.05) is 0 Å². The molecule has 0 aliphatic heterocycles. The molecular weight excluding hydrogens is 388 g/mol. The third-order valence-electron chi connectivity index (χ3n) is 7.42. The largest absolute Gasteiger partial charge is 0.457 e. The van der Waals surface area contributed by atoms with E-state index in [1.54, 1.807) is 6.92 Å². The number of rotatable bonds is 6. The van der Waals surface area contributed by atoms with Crippen LogP contribution in [0.5, 0.6) is 5.75 Å². The number of esters is 2. The minimum absolute atomic E-state index is 0.00979. The molecule has 4 heteroatoms. The van der Waals surface area contributed by atoms with Crippen molar-refractivity contribution < 1.29 is 19.1 Å². The third kappa shape index (κ3) is 6.21. The van der Waals surface area contributed by atoms with Gasteiger partial charge in [0.15, 0.2) is 0 Å². The Kier molecular flexibility index (Phi) is 7.96. The Morgan fingerprint density at radius 1 is 0.935 bits per heavy atom. The van der Waals surface area contributed by atoms with Gasteiger partial charge in [-0.05, 0) is 106 Å². The number of carbonyl (C=O) groups excluding carboxylic acids is 2. The van der Waals surface area contributed by atoms with E-state index in [1.807, 2.05) is 26.0 Å². The van der Waals surface area contributed by atoms with Crippen LogP contribution in [-0.2, 0) is 20.9 Å². The molecule has 0 spiro atoms. The summed E-state index contributed by atoms with van der Waals surface area (Å²) in [6.07, 6.45) is 9.68. The van der Waals surface area contributed by atoms with Crippen molar-refractivity contribution >= 4 is 11.9 Å². The summed E-state index contributed by atoms with van der Waals surface area (Å²) in [5.74, 6) is 2.64. The van der Waals surface area contributed by atoms with Crippen molar-refractivity contribution in [2.24, 2.45) is 23.7 Å². The molecule has 2 saturated carbocycles. The first kappa shape index (κ1) is 23.6. The molecule has 2 aliphatic carbocycles. The molecule has 0 aromatic heterocycles. The molecule has 0 heterocycles. The van der Waals surface area contributed by atoms with Crippen LogP contribution in [0.4, 0.5) is 0 Å². The third-order valence-corrected chi connectivity index (χ3v) is 7.42. The van der Waals surface area contributed by atoms with Gasteiger partial charge in [0.05, 0.1) is 5.92 Å². The van der Waals surface area contributed by atoms with Crippen LogP contribution in [0, 0.1) is 37.5 Å². The molecule has 2 aliphatic rings. The lowest BCUT2D eigenvalue weighted by molar-refractivity contribution is -0.141. The van der Waals surface area contributed by atoms with E-state index in [-0.39, 0.29) is 18.5 Å². The maximum atomic E-state index is 12.8. The molecule has 1 aromatic carbocycles. The maximum Gasteiger partial charge on any atom is 0.333 e. The van der Waals surface area contributed by atoms with E-state index in [4.69, 9.17) is 9.47 Å². The highest BCUT2D eigenvalue weighted by atomic mass is 16.5. The summed E-state index contributed by atoms with van der Waals surface area (Å²) in [4.78, 5) is 24.5. The van der Waals surface area contributed by atoms with Gasteiger partial charge in [0, 0.05) is 5.57 Å². The maximum absolute atomic E-state index is 12.8. The van der Waals surface area contributed by atoms with Crippen LogP contribution in [0.2, 0.25) is 0 Å². The highest BCUT2D eigenvalue weighted by molar-refractivity contribution is 5.86. The predicted octanol–water partition coefficient (Wildman–Crippen LogP) is 6.46. The zero-order chi connectivity index (χ0) is 22.5. The number of benzene rings is 1. The summed E-state index contributed by atoms with van der Waals surface area (Å²) in [6, 6.07) is 3.73. The normalized spacial score (nSPS) is 26.2. The topological polar surface area (TPSA) is 52.6 Å². The first-order chi connectivity index (χ1) is 14.7. The van der Waals surface area contributed by atoms with Crippen LogP contribution in [0.3, 0.4) is 0 Å². The summed E-state index contributed by atoms with van der Waals surface area (Å²) in [6.45, 7) is 11.7. The fraction of sp³-hybridized carbons (Fsp3) is 0.630. The average molecular weight is 427 g/mol. The van der Waals surface area contributed by atoms with Crippen LogP contribution in [-0.4, -0.2) is 11.9 Å². The highest BCUT2D eigenvalue weighted by Crippen LogP contribution is 2.41. The van der Waals surface area contributed by atoms with Gasteiger partial charge in [0.2, 0.25) is 0 Å². The van der Waals surface area contributed by atoms with Crippen molar-refractivity contribution in [3.05, 3.63) is 41.0 Å². The van der Waals surface area contributed by atoms with Gasteiger partial charge in [-0.2, -0.15) is 0 Å². The highest BCUT2D eigenvalue weighted by Gasteiger charge is 2.33. The molecule has 2 fully saturated rings. The Balaban J connectivity index is 1.52. The smallest absolute Gasteiger partial charge is 0.333 e. The van der Waals surface area contributed by atoms with E-state index >= 15 is 0 Å². The molecule has 0 amide bonds. The molecule has 0 saturated heterocycles. The minimum atomic E-state index is -0.396. The van der Waals surface area contributed by atoms with Crippen molar-refractivity contribution in [3.63, 3.8) is 0 Å². The van der Waals surface area contributed by atoms with Crippen LogP contribution in [0.25, 0.3) is 0 Å². The van der Waals surface area contributed by atoms with E-state index in [2.05, 4.69) is 13.5 Å². The Hall–Kier alpha value is -2.10. The van der Waals surface area contributed by atoms with Crippen molar-refractivity contribution in [1.29, 1.82) is 0 Å². The number of hydrogen-bond donors (Lipinski definition) is 0. The molecule has 1 aromatic rings. The molecule has 0 unspecified atom stereocenters. The second-order valence-corrected chi connectivity index (χ2v) is 9.94.